The van der Waals surface area contributed by atoms with Gasteiger partial charge in [-0.3, -0.25) is 0 Å². The van der Waals surface area contributed by atoms with Crippen LogP contribution in [0.5, 0.6) is 0 Å². The topological polar surface area (TPSA) is 45.7 Å². The lowest BCUT2D eigenvalue weighted by atomic mass is 10.1. The Balaban J connectivity index is 0.00000441. The van der Waals surface area contributed by atoms with Crippen molar-refractivity contribution < 1.29 is 4.74 Å². The molecule has 0 heterocycles. The van der Waals surface area contributed by atoms with Crippen LogP contribution in [-0.4, -0.2) is 24.7 Å². The maximum atomic E-state index is 5.64. The molecule has 1 aromatic carbocycles. The largest absolute Gasteiger partial charge is 0.374 e. The first-order valence-electron chi connectivity index (χ1n) is 7.75. The van der Waals surface area contributed by atoms with Gasteiger partial charge in [-0.1, -0.05) is 24.3 Å². The molecule has 1 aromatic rings. The van der Waals surface area contributed by atoms with Crippen LogP contribution in [0.2, 0.25) is 0 Å². The highest BCUT2D eigenvalue weighted by Gasteiger charge is 2.01. The molecule has 2 N–H and O–H groups in total. The Hall–Kier alpha value is -0.820. The molecule has 0 amide bonds. The Kier molecular flexibility index (Phi) is 11.3. The molecule has 5 heteroatoms. The van der Waals surface area contributed by atoms with Gasteiger partial charge in [-0.2, -0.15) is 0 Å². The van der Waals surface area contributed by atoms with Gasteiger partial charge in [0.2, 0.25) is 0 Å². The van der Waals surface area contributed by atoms with Gasteiger partial charge in [-0.15, -0.1) is 24.0 Å². The highest BCUT2D eigenvalue weighted by atomic mass is 127. The third-order valence-electron chi connectivity index (χ3n) is 2.76. The smallest absolute Gasteiger partial charge is 0.191 e. The minimum absolute atomic E-state index is 0. The van der Waals surface area contributed by atoms with Gasteiger partial charge in [0, 0.05) is 12.6 Å². The van der Waals surface area contributed by atoms with E-state index in [0.717, 1.165) is 12.5 Å². The SMILES string of the molecule is CCNC(=NCc1cccc(COC(C)C)c1)NC(C)C.I. The van der Waals surface area contributed by atoms with E-state index in [1.165, 1.54) is 11.1 Å². The lowest BCUT2D eigenvalue weighted by Crippen LogP contribution is -2.40. The van der Waals surface area contributed by atoms with E-state index in [4.69, 9.17) is 4.74 Å². The molecule has 1 rings (SSSR count). The number of rotatable bonds is 7. The molecule has 0 spiro atoms. The summed E-state index contributed by atoms with van der Waals surface area (Å²) < 4.78 is 5.64. The number of nitrogens with one attached hydrogen (secondary N) is 2. The highest BCUT2D eigenvalue weighted by Crippen LogP contribution is 2.09. The van der Waals surface area contributed by atoms with Crippen molar-refractivity contribution in [3.8, 4) is 0 Å². The van der Waals surface area contributed by atoms with Gasteiger partial charge in [-0.25, -0.2) is 4.99 Å². The van der Waals surface area contributed by atoms with Crippen molar-refractivity contribution in [3.05, 3.63) is 35.4 Å². The lowest BCUT2D eigenvalue weighted by molar-refractivity contribution is 0.0657. The summed E-state index contributed by atoms with van der Waals surface area (Å²) in [6.45, 7) is 12.6. The number of hydrogen-bond acceptors (Lipinski definition) is 2. The summed E-state index contributed by atoms with van der Waals surface area (Å²) in [7, 11) is 0. The average molecular weight is 419 g/mol. The molecule has 0 bridgehead atoms. The maximum Gasteiger partial charge on any atom is 0.191 e. The van der Waals surface area contributed by atoms with Crippen molar-refractivity contribution in [2.45, 2.75) is 59.9 Å². The second-order valence-electron chi connectivity index (χ2n) is 5.67. The summed E-state index contributed by atoms with van der Waals surface area (Å²) in [5.74, 6) is 0.858. The van der Waals surface area contributed by atoms with Gasteiger partial charge in [0.05, 0.1) is 19.3 Å². The van der Waals surface area contributed by atoms with E-state index in [9.17, 15) is 0 Å². The molecule has 126 valence electrons. The molecule has 22 heavy (non-hydrogen) atoms. The number of nitrogens with zero attached hydrogens (tertiary/aromatic N) is 1. The predicted molar refractivity (Wildman–Crippen MR) is 105 cm³/mol. The van der Waals surface area contributed by atoms with Crippen molar-refractivity contribution in [1.29, 1.82) is 0 Å². The third-order valence-corrected chi connectivity index (χ3v) is 2.76. The third kappa shape index (κ3) is 9.25. The van der Waals surface area contributed by atoms with E-state index in [1.807, 2.05) is 0 Å². The second-order valence-corrected chi connectivity index (χ2v) is 5.67. The van der Waals surface area contributed by atoms with Crippen LogP contribution in [0.1, 0.15) is 45.7 Å². The van der Waals surface area contributed by atoms with Crippen LogP contribution in [0.25, 0.3) is 0 Å². The molecular formula is C17H30IN3O. The van der Waals surface area contributed by atoms with Crippen LogP contribution in [-0.2, 0) is 17.9 Å². The van der Waals surface area contributed by atoms with Crippen molar-refractivity contribution >= 4 is 29.9 Å². The summed E-state index contributed by atoms with van der Waals surface area (Å²) in [4.78, 5) is 4.61. The molecular weight excluding hydrogens is 389 g/mol. The van der Waals surface area contributed by atoms with Gasteiger partial charge >= 0.3 is 0 Å². The van der Waals surface area contributed by atoms with Gasteiger partial charge in [0.25, 0.3) is 0 Å². The quantitative estimate of drug-likeness (QED) is 0.403. The van der Waals surface area contributed by atoms with Crippen LogP contribution >= 0.6 is 24.0 Å². The summed E-state index contributed by atoms with van der Waals surface area (Å²) in [5, 5.41) is 6.57. The predicted octanol–water partition coefficient (Wildman–Crippen LogP) is 3.69. The molecule has 0 unspecified atom stereocenters. The Bertz CT molecular complexity index is 447. The first-order valence-corrected chi connectivity index (χ1v) is 7.75. The number of halogens is 1. The molecule has 4 nitrogen and oxygen atoms in total. The molecule has 0 fully saturated rings. The van der Waals surface area contributed by atoms with E-state index in [0.29, 0.717) is 19.2 Å². The van der Waals surface area contributed by atoms with Crippen LogP contribution in [0.4, 0.5) is 0 Å². The van der Waals surface area contributed by atoms with E-state index in [1.54, 1.807) is 0 Å². The van der Waals surface area contributed by atoms with Gasteiger partial charge in [0.1, 0.15) is 0 Å². The molecule has 0 aromatic heterocycles. The van der Waals surface area contributed by atoms with Gasteiger partial charge in [0.15, 0.2) is 5.96 Å². The Morgan fingerprint density at radius 2 is 1.86 bits per heavy atom. The fourth-order valence-electron chi connectivity index (χ4n) is 1.84. The first kappa shape index (κ1) is 21.2. The van der Waals surface area contributed by atoms with Crippen LogP contribution < -0.4 is 10.6 Å². The van der Waals surface area contributed by atoms with Gasteiger partial charge in [-0.05, 0) is 45.7 Å². The molecule has 0 aliphatic heterocycles. The van der Waals surface area contributed by atoms with E-state index >= 15 is 0 Å². The van der Waals surface area contributed by atoms with Crippen LogP contribution in [0.3, 0.4) is 0 Å². The minimum Gasteiger partial charge on any atom is -0.374 e. The normalized spacial score (nSPS) is 11.5. The molecule has 0 aliphatic rings. The summed E-state index contributed by atoms with van der Waals surface area (Å²) >= 11 is 0. The number of aliphatic imine (C=N–C) groups is 1. The van der Waals surface area contributed by atoms with E-state index < -0.39 is 0 Å². The fraction of sp³-hybridized carbons (Fsp3) is 0.588. The molecule has 0 saturated carbocycles. The Morgan fingerprint density at radius 1 is 1.18 bits per heavy atom. The van der Waals surface area contributed by atoms with Crippen molar-refractivity contribution in [2.24, 2.45) is 4.99 Å². The number of guanidine groups is 1. The highest BCUT2D eigenvalue weighted by molar-refractivity contribution is 14.0. The second kappa shape index (κ2) is 11.7. The van der Waals surface area contributed by atoms with Crippen LogP contribution in [0.15, 0.2) is 29.3 Å². The maximum absolute atomic E-state index is 5.64. The summed E-state index contributed by atoms with van der Waals surface area (Å²) in [5.41, 5.74) is 2.39. The number of benzene rings is 1. The number of hydrogen-bond donors (Lipinski definition) is 2. The van der Waals surface area contributed by atoms with Crippen molar-refractivity contribution in [1.82, 2.24) is 10.6 Å². The van der Waals surface area contributed by atoms with Crippen LogP contribution in [0, 0.1) is 0 Å². The van der Waals surface area contributed by atoms with Gasteiger partial charge < -0.3 is 15.4 Å². The van der Waals surface area contributed by atoms with Crippen molar-refractivity contribution in [3.63, 3.8) is 0 Å². The zero-order chi connectivity index (χ0) is 15.7. The summed E-state index contributed by atoms with van der Waals surface area (Å²) in [6.07, 6.45) is 0.252. The standard InChI is InChI=1S/C17H29N3O.HI/c1-6-18-17(20-13(2)3)19-11-15-8-7-9-16(10-15)12-21-14(4)5;/h7-10,13-14H,6,11-12H2,1-5H3,(H2,18,19,20);1H. The molecule has 0 atom stereocenters. The van der Waals surface area contributed by atoms with Crippen molar-refractivity contribution in [2.75, 3.05) is 6.54 Å². The lowest BCUT2D eigenvalue weighted by Gasteiger charge is -2.14. The molecule has 0 aliphatic carbocycles. The Labute approximate surface area is 152 Å². The fourth-order valence-corrected chi connectivity index (χ4v) is 1.84. The molecule has 0 saturated heterocycles. The molecule has 0 radical (unpaired) electrons. The first-order chi connectivity index (χ1) is 10.0. The zero-order valence-corrected chi connectivity index (χ0v) is 16.7. The summed E-state index contributed by atoms with van der Waals surface area (Å²) in [6, 6.07) is 8.78. The average Bonchev–Trinajstić information content (AvgIpc) is 2.43. The number of ether oxygens (including phenoxy) is 1. The Morgan fingerprint density at radius 3 is 2.45 bits per heavy atom. The zero-order valence-electron chi connectivity index (χ0n) is 14.3. The monoisotopic (exact) mass is 419 g/mol. The van der Waals surface area contributed by atoms with E-state index in [2.05, 4.69) is 74.5 Å². The van der Waals surface area contributed by atoms with E-state index in [-0.39, 0.29) is 30.1 Å². The minimum atomic E-state index is 0.